The molecule has 178 valence electrons. The van der Waals surface area contributed by atoms with Crippen molar-refractivity contribution in [2.24, 2.45) is 0 Å². The van der Waals surface area contributed by atoms with Gasteiger partial charge in [-0.1, -0.05) is 23.7 Å². The monoisotopic (exact) mass is 484 g/mol. The molecule has 1 aliphatic rings. The number of carbonyl (C=O) groups excluding carboxylic acids is 3. The first kappa shape index (κ1) is 23.9. The molecule has 0 bridgehead atoms. The van der Waals surface area contributed by atoms with E-state index < -0.39 is 11.7 Å². The standard InChI is InChI=1S/C25H26ClFN4O3/c1-14-12-31(15(2)11-30(14)13-16-4-6-17(27)7-5-16)25(34)19-8-18-20(23(32)24(33)28-3)10-29-22(18)9-21(19)26/h4-10,14-15,29H,11-13H2,1-3H3,(H,28,33)/t14-,15+/m0/s1. The lowest BCUT2D eigenvalue weighted by atomic mass is 10.0. The predicted molar refractivity (Wildman–Crippen MR) is 128 cm³/mol. The summed E-state index contributed by atoms with van der Waals surface area (Å²) < 4.78 is 13.2. The summed E-state index contributed by atoms with van der Waals surface area (Å²) in [4.78, 5) is 44.8. The van der Waals surface area contributed by atoms with Crippen molar-refractivity contribution in [3.05, 3.63) is 70.1 Å². The van der Waals surface area contributed by atoms with Crippen LogP contribution in [0.5, 0.6) is 0 Å². The van der Waals surface area contributed by atoms with Crippen molar-refractivity contribution in [3.63, 3.8) is 0 Å². The molecule has 1 fully saturated rings. The van der Waals surface area contributed by atoms with Crippen LogP contribution in [0.15, 0.2) is 42.6 Å². The second kappa shape index (κ2) is 9.56. The molecule has 0 saturated carbocycles. The number of Topliss-reactive ketones (excluding diaryl/α,β-unsaturated/α-hetero) is 1. The predicted octanol–water partition coefficient (Wildman–Crippen LogP) is 3.62. The van der Waals surface area contributed by atoms with Crippen LogP contribution in [0.25, 0.3) is 10.9 Å². The van der Waals surface area contributed by atoms with Crippen LogP contribution in [0, 0.1) is 5.82 Å². The highest BCUT2D eigenvalue weighted by Gasteiger charge is 2.33. The van der Waals surface area contributed by atoms with Crippen molar-refractivity contribution in [2.45, 2.75) is 32.5 Å². The third-order valence-corrected chi connectivity index (χ3v) is 6.67. The number of likely N-dealkylation sites (N-methyl/N-ethyl adjacent to an activating group) is 1. The number of ketones is 1. The van der Waals surface area contributed by atoms with Gasteiger partial charge in [-0.05, 0) is 43.7 Å². The lowest BCUT2D eigenvalue weighted by molar-refractivity contribution is -0.116. The Morgan fingerprint density at radius 3 is 2.47 bits per heavy atom. The van der Waals surface area contributed by atoms with Gasteiger partial charge in [-0.2, -0.15) is 0 Å². The summed E-state index contributed by atoms with van der Waals surface area (Å²) in [6.45, 7) is 5.83. The van der Waals surface area contributed by atoms with Crippen LogP contribution in [-0.4, -0.2) is 64.6 Å². The van der Waals surface area contributed by atoms with E-state index in [1.807, 2.05) is 13.8 Å². The quantitative estimate of drug-likeness (QED) is 0.428. The molecule has 3 aromatic rings. The molecule has 2 N–H and O–H groups in total. The molecular weight excluding hydrogens is 459 g/mol. The van der Waals surface area contributed by atoms with Gasteiger partial charge in [0.1, 0.15) is 5.82 Å². The number of benzene rings is 2. The summed E-state index contributed by atoms with van der Waals surface area (Å²) in [6.07, 6.45) is 1.45. The van der Waals surface area contributed by atoms with Gasteiger partial charge in [0.25, 0.3) is 17.6 Å². The van der Waals surface area contributed by atoms with Crippen LogP contribution in [0.2, 0.25) is 5.02 Å². The van der Waals surface area contributed by atoms with Crippen LogP contribution < -0.4 is 5.32 Å². The van der Waals surface area contributed by atoms with Crippen LogP contribution in [0.4, 0.5) is 4.39 Å². The Kier molecular flexibility index (Phi) is 6.72. The number of aromatic amines is 1. The molecule has 2 amide bonds. The van der Waals surface area contributed by atoms with Gasteiger partial charge in [-0.15, -0.1) is 0 Å². The first-order chi connectivity index (χ1) is 16.2. The Balaban J connectivity index is 1.57. The molecule has 1 aromatic heterocycles. The van der Waals surface area contributed by atoms with Gasteiger partial charge in [0.05, 0.1) is 16.1 Å². The summed E-state index contributed by atoms with van der Waals surface area (Å²) in [5.74, 6) is -1.92. The van der Waals surface area contributed by atoms with E-state index in [-0.39, 0.29) is 40.0 Å². The Morgan fingerprint density at radius 1 is 1.09 bits per heavy atom. The van der Waals surface area contributed by atoms with Crippen molar-refractivity contribution in [1.82, 2.24) is 20.1 Å². The normalized spacial score (nSPS) is 18.8. The number of halogens is 2. The number of hydrogen-bond acceptors (Lipinski definition) is 4. The van der Waals surface area contributed by atoms with Crippen molar-refractivity contribution in [3.8, 4) is 0 Å². The molecule has 1 aliphatic heterocycles. The Hall–Kier alpha value is -3.23. The number of rotatable bonds is 5. The van der Waals surface area contributed by atoms with E-state index in [2.05, 4.69) is 15.2 Å². The molecule has 1 saturated heterocycles. The Bertz CT molecular complexity index is 1260. The number of nitrogens with zero attached hydrogens (tertiary/aromatic N) is 2. The average molecular weight is 485 g/mol. The molecule has 7 nitrogen and oxygen atoms in total. The zero-order chi connectivity index (χ0) is 24.6. The highest BCUT2D eigenvalue weighted by molar-refractivity contribution is 6.45. The molecule has 4 rings (SSSR count). The fourth-order valence-electron chi connectivity index (χ4n) is 4.41. The largest absolute Gasteiger partial charge is 0.360 e. The molecule has 2 heterocycles. The maximum absolute atomic E-state index is 13.5. The Labute approximate surface area is 201 Å². The SMILES string of the molecule is CNC(=O)C(=O)c1c[nH]c2cc(Cl)c(C(=O)N3C[C@H](C)N(Cc4ccc(F)cc4)C[C@H]3C)cc12. The fourth-order valence-corrected chi connectivity index (χ4v) is 4.66. The molecule has 0 spiro atoms. The number of nitrogens with one attached hydrogen (secondary N) is 2. The summed E-state index contributed by atoms with van der Waals surface area (Å²) in [7, 11) is 1.39. The van der Waals surface area contributed by atoms with Crippen LogP contribution in [0.3, 0.4) is 0 Å². The molecule has 2 aromatic carbocycles. The lowest BCUT2D eigenvalue weighted by Gasteiger charge is -2.44. The molecule has 9 heteroatoms. The number of amides is 2. The summed E-state index contributed by atoms with van der Waals surface area (Å²) in [6, 6.07) is 9.61. The molecule has 2 atom stereocenters. The van der Waals surface area contributed by atoms with E-state index in [9.17, 15) is 18.8 Å². The zero-order valence-electron chi connectivity index (χ0n) is 19.2. The van der Waals surface area contributed by atoms with E-state index in [1.54, 1.807) is 29.2 Å². The third-order valence-electron chi connectivity index (χ3n) is 6.35. The number of H-pyrrole nitrogens is 1. The third kappa shape index (κ3) is 4.56. The number of hydrogen-bond donors (Lipinski definition) is 2. The maximum Gasteiger partial charge on any atom is 0.292 e. The number of fused-ring (bicyclic) bond motifs is 1. The number of aromatic nitrogens is 1. The van der Waals surface area contributed by atoms with Crippen molar-refractivity contribution in [2.75, 3.05) is 20.1 Å². The van der Waals surface area contributed by atoms with Gasteiger partial charge >= 0.3 is 0 Å². The summed E-state index contributed by atoms with van der Waals surface area (Å²) >= 11 is 6.46. The first-order valence-corrected chi connectivity index (χ1v) is 11.4. The Morgan fingerprint density at radius 2 is 1.79 bits per heavy atom. The highest BCUT2D eigenvalue weighted by atomic mass is 35.5. The van der Waals surface area contributed by atoms with Gasteiger partial charge in [-0.3, -0.25) is 19.3 Å². The van der Waals surface area contributed by atoms with Gasteiger partial charge in [0.15, 0.2) is 0 Å². The average Bonchev–Trinajstić information content (AvgIpc) is 3.23. The second-order valence-corrected chi connectivity index (χ2v) is 9.11. The van der Waals surface area contributed by atoms with Crippen LogP contribution >= 0.6 is 11.6 Å². The highest BCUT2D eigenvalue weighted by Crippen LogP contribution is 2.29. The van der Waals surface area contributed by atoms with E-state index >= 15 is 0 Å². The summed E-state index contributed by atoms with van der Waals surface area (Å²) in [5.41, 5.74) is 2.05. The van der Waals surface area contributed by atoms with Crippen LogP contribution in [-0.2, 0) is 11.3 Å². The maximum atomic E-state index is 13.5. The molecular formula is C25H26ClFN4O3. The molecule has 0 unspecified atom stereocenters. The molecule has 0 radical (unpaired) electrons. The molecule has 34 heavy (non-hydrogen) atoms. The number of piperazine rings is 1. The minimum atomic E-state index is -0.733. The number of carbonyl (C=O) groups is 3. The smallest absolute Gasteiger partial charge is 0.292 e. The van der Waals surface area contributed by atoms with E-state index in [0.717, 1.165) is 5.56 Å². The topological polar surface area (TPSA) is 85.5 Å². The minimum absolute atomic E-state index is 0.0744. The van der Waals surface area contributed by atoms with Crippen molar-refractivity contribution >= 4 is 40.1 Å². The van der Waals surface area contributed by atoms with Gasteiger partial charge in [-0.25, -0.2) is 4.39 Å². The zero-order valence-corrected chi connectivity index (χ0v) is 19.9. The van der Waals surface area contributed by atoms with Gasteiger partial charge < -0.3 is 15.2 Å². The van der Waals surface area contributed by atoms with Gasteiger partial charge in [0, 0.05) is 55.9 Å². The second-order valence-electron chi connectivity index (χ2n) is 8.70. The van der Waals surface area contributed by atoms with E-state index in [0.29, 0.717) is 30.5 Å². The molecule has 0 aliphatic carbocycles. The van der Waals surface area contributed by atoms with E-state index in [4.69, 9.17) is 11.6 Å². The first-order valence-electron chi connectivity index (χ1n) is 11.1. The van der Waals surface area contributed by atoms with Crippen molar-refractivity contribution < 1.29 is 18.8 Å². The van der Waals surface area contributed by atoms with Crippen molar-refractivity contribution in [1.29, 1.82) is 0 Å². The minimum Gasteiger partial charge on any atom is -0.360 e. The fraction of sp³-hybridized carbons (Fsp3) is 0.320. The van der Waals surface area contributed by atoms with Gasteiger partial charge in [0.2, 0.25) is 0 Å². The summed E-state index contributed by atoms with van der Waals surface area (Å²) in [5, 5.41) is 3.07. The van der Waals surface area contributed by atoms with E-state index in [1.165, 1.54) is 25.4 Å². The lowest BCUT2D eigenvalue weighted by Crippen LogP contribution is -2.57. The van der Waals surface area contributed by atoms with Crippen LogP contribution in [0.1, 0.15) is 40.1 Å².